The van der Waals surface area contributed by atoms with Crippen molar-refractivity contribution in [2.24, 2.45) is 10.9 Å². The van der Waals surface area contributed by atoms with E-state index < -0.39 is 5.67 Å². The van der Waals surface area contributed by atoms with Gasteiger partial charge in [0.25, 0.3) is 0 Å². The average Bonchev–Trinajstić information content (AvgIpc) is 2.99. The highest BCUT2D eigenvalue weighted by atomic mass is 35.5. The van der Waals surface area contributed by atoms with Gasteiger partial charge in [-0.1, -0.05) is 25.4 Å². The lowest BCUT2D eigenvalue weighted by Gasteiger charge is -2.16. The van der Waals surface area contributed by atoms with Crippen molar-refractivity contribution in [3.05, 3.63) is 34.0 Å². The van der Waals surface area contributed by atoms with Crippen molar-refractivity contribution in [2.75, 3.05) is 12.4 Å². The number of aryl methyl sites for hydroxylation is 1. The van der Waals surface area contributed by atoms with E-state index in [9.17, 15) is 9.65 Å². The summed E-state index contributed by atoms with van der Waals surface area (Å²) in [4.78, 5) is 4.23. The summed E-state index contributed by atoms with van der Waals surface area (Å²) < 4.78 is 24.1. The second kappa shape index (κ2) is 8.24. The van der Waals surface area contributed by atoms with Gasteiger partial charge in [0.1, 0.15) is 34.6 Å². The van der Waals surface area contributed by atoms with Gasteiger partial charge in [-0.25, -0.2) is 4.39 Å². The second-order valence-electron chi connectivity index (χ2n) is 6.87. The number of rotatable bonds is 5. The number of nitrogens with zero attached hydrogens (tertiary/aromatic N) is 3. The van der Waals surface area contributed by atoms with Crippen molar-refractivity contribution >= 4 is 34.7 Å². The first-order valence-corrected chi connectivity index (χ1v) is 9.54. The first-order valence-electron chi connectivity index (χ1n) is 8.39. The normalized spacial score (nSPS) is 12.2. The molecule has 0 bridgehead atoms. The number of hydrogen-bond acceptors (Lipinski definition) is 5. The predicted molar refractivity (Wildman–Crippen MR) is 109 cm³/mol. The molecule has 1 aromatic carbocycles. The summed E-state index contributed by atoms with van der Waals surface area (Å²) in [5.74, 6) is 1.52. The van der Waals surface area contributed by atoms with Crippen molar-refractivity contribution in [1.82, 2.24) is 4.37 Å². The van der Waals surface area contributed by atoms with Gasteiger partial charge in [0.2, 0.25) is 5.06 Å². The smallest absolute Gasteiger partial charge is 0.218 e. The third-order valence-corrected chi connectivity index (χ3v) is 4.89. The minimum Gasteiger partial charge on any atom is -0.443 e. The van der Waals surface area contributed by atoms with Gasteiger partial charge in [-0.15, -0.1) is 0 Å². The lowest BCUT2D eigenvalue weighted by molar-refractivity contribution is 0.215. The van der Waals surface area contributed by atoms with Gasteiger partial charge in [0.15, 0.2) is 0 Å². The molecule has 0 unspecified atom stereocenters. The molecule has 0 aliphatic rings. The molecule has 0 saturated heterocycles. The van der Waals surface area contributed by atoms with Crippen LogP contribution >= 0.6 is 23.1 Å². The van der Waals surface area contributed by atoms with Crippen LogP contribution < -0.4 is 10.1 Å². The lowest BCUT2D eigenvalue weighted by Crippen LogP contribution is -2.18. The molecule has 144 valence electrons. The zero-order valence-electron chi connectivity index (χ0n) is 16.1. The molecule has 0 atom stereocenters. The molecule has 0 radical (unpaired) electrons. The van der Waals surface area contributed by atoms with Gasteiger partial charge in [-0.05, 0) is 32.4 Å². The van der Waals surface area contributed by atoms with Crippen molar-refractivity contribution in [2.45, 2.75) is 40.3 Å². The largest absolute Gasteiger partial charge is 0.443 e. The fourth-order valence-electron chi connectivity index (χ4n) is 2.41. The second-order valence-corrected chi connectivity index (χ2v) is 8.01. The number of anilines is 1. The minimum atomic E-state index is -1.73. The number of amidine groups is 1. The molecule has 0 aliphatic carbocycles. The molecule has 5 nitrogen and oxygen atoms in total. The fourth-order valence-corrected chi connectivity index (χ4v) is 3.46. The maximum absolute atomic E-state index is 14.2. The fraction of sp³-hybridized carbons (Fsp3) is 0.421. The highest BCUT2D eigenvalue weighted by Gasteiger charge is 2.29. The van der Waals surface area contributed by atoms with E-state index in [1.807, 2.05) is 32.9 Å². The summed E-state index contributed by atoms with van der Waals surface area (Å²) in [5.41, 5.74) is -0.0278. The molecular formula is C19H22ClFN4OS. The third-order valence-electron chi connectivity index (χ3n) is 3.85. The molecule has 0 saturated carbocycles. The van der Waals surface area contributed by atoms with Gasteiger partial charge in [0.05, 0.1) is 10.7 Å². The number of nitrogens with one attached hydrogen (secondary N) is 1. The summed E-state index contributed by atoms with van der Waals surface area (Å²) in [6, 6.07) is 5.49. The van der Waals surface area contributed by atoms with Gasteiger partial charge in [0, 0.05) is 30.6 Å². The van der Waals surface area contributed by atoms with E-state index in [2.05, 4.69) is 14.7 Å². The first kappa shape index (κ1) is 21.1. The number of aromatic nitrogens is 1. The first-order chi connectivity index (χ1) is 12.6. The van der Waals surface area contributed by atoms with E-state index in [1.165, 1.54) is 13.8 Å². The Morgan fingerprint density at radius 1 is 1.44 bits per heavy atom. The lowest BCUT2D eigenvalue weighted by atomic mass is 10.0. The Balaban J connectivity index is 2.36. The van der Waals surface area contributed by atoms with Crippen LogP contribution in [0.25, 0.3) is 0 Å². The van der Waals surface area contributed by atoms with Crippen molar-refractivity contribution in [3.8, 4) is 16.9 Å². The molecule has 1 N–H and O–H groups in total. The third kappa shape index (κ3) is 4.76. The van der Waals surface area contributed by atoms with E-state index in [1.54, 1.807) is 13.1 Å². The summed E-state index contributed by atoms with van der Waals surface area (Å²) in [5, 5.41) is 13.3. The Labute approximate surface area is 168 Å². The van der Waals surface area contributed by atoms with Crippen LogP contribution in [0.5, 0.6) is 10.8 Å². The van der Waals surface area contributed by atoms with Gasteiger partial charge >= 0.3 is 0 Å². The van der Waals surface area contributed by atoms with E-state index in [0.717, 1.165) is 22.9 Å². The minimum absolute atomic E-state index is 0.0766. The Morgan fingerprint density at radius 2 is 2.11 bits per heavy atom. The molecule has 8 heteroatoms. The number of ether oxygens (including phenoxy) is 1. The van der Waals surface area contributed by atoms with E-state index in [-0.39, 0.29) is 22.2 Å². The summed E-state index contributed by atoms with van der Waals surface area (Å²) >= 11 is 7.34. The van der Waals surface area contributed by atoms with Crippen LogP contribution in [-0.2, 0) is 5.67 Å². The van der Waals surface area contributed by atoms with Crippen LogP contribution in [-0.4, -0.2) is 17.3 Å². The summed E-state index contributed by atoms with van der Waals surface area (Å²) in [7, 11) is 1.72. The maximum atomic E-state index is 14.2. The number of aliphatic imine (C=N–C) groups is 1. The number of halogens is 2. The Bertz CT molecular complexity index is 910. The number of nitriles is 1. The standard InChI is InChI=1S/C19H22ClFN4OS/c1-10(2)17(23-6)24-14-7-11(3)15(8-13(14)20)26-18-12(9-22)16(25-27-18)19(4,5)21/h7-8,10H,1-6H3,(H,23,24). The predicted octanol–water partition coefficient (Wildman–Crippen LogP) is 6.07. The van der Waals surface area contributed by atoms with Crippen LogP contribution in [0, 0.1) is 24.2 Å². The van der Waals surface area contributed by atoms with Crippen LogP contribution in [0.15, 0.2) is 17.1 Å². The molecule has 2 rings (SSSR count). The number of benzene rings is 1. The zero-order chi connectivity index (χ0) is 20.4. The van der Waals surface area contributed by atoms with Crippen molar-refractivity contribution in [1.29, 1.82) is 5.26 Å². The van der Waals surface area contributed by atoms with Gasteiger partial charge in [-0.3, -0.25) is 4.99 Å². The molecule has 0 aliphatic heterocycles. The van der Waals surface area contributed by atoms with Crippen molar-refractivity contribution < 1.29 is 9.13 Å². The highest BCUT2D eigenvalue weighted by Crippen LogP contribution is 2.40. The SMILES string of the molecule is CN=C(Nc1cc(C)c(Oc2snc(C(C)(C)F)c2C#N)cc1Cl)C(C)C. The molecule has 0 amide bonds. The Morgan fingerprint density at radius 3 is 2.63 bits per heavy atom. The maximum Gasteiger partial charge on any atom is 0.218 e. The Kier molecular flexibility index (Phi) is 6.45. The van der Waals surface area contributed by atoms with Crippen LogP contribution in [0.4, 0.5) is 10.1 Å². The van der Waals surface area contributed by atoms with Gasteiger partial charge < -0.3 is 10.1 Å². The van der Waals surface area contributed by atoms with Crippen LogP contribution in [0.3, 0.4) is 0 Å². The Hall–Kier alpha value is -2.17. The zero-order valence-corrected chi connectivity index (χ0v) is 17.7. The van der Waals surface area contributed by atoms with E-state index in [0.29, 0.717) is 16.5 Å². The topological polar surface area (TPSA) is 70.3 Å². The molecule has 0 spiro atoms. The summed E-state index contributed by atoms with van der Waals surface area (Å²) in [6.45, 7) is 8.64. The number of alkyl halides is 1. The average molecular weight is 409 g/mol. The molecule has 1 heterocycles. The van der Waals surface area contributed by atoms with Crippen LogP contribution in [0.1, 0.15) is 44.5 Å². The highest BCUT2D eigenvalue weighted by molar-refractivity contribution is 7.08. The molecule has 1 aromatic heterocycles. The molecule has 0 fully saturated rings. The van der Waals surface area contributed by atoms with Crippen molar-refractivity contribution in [3.63, 3.8) is 0 Å². The molecular weight excluding hydrogens is 387 g/mol. The molecule has 27 heavy (non-hydrogen) atoms. The molecule has 2 aromatic rings. The quantitative estimate of drug-likeness (QED) is 0.481. The number of hydrogen-bond donors (Lipinski definition) is 1. The van der Waals surface area contributed by atoms with E-state index >= 15 is 0 Å². The summed E-state index contributed by atoms with van der Waals surface area (Å²) in [6.07, 6.45) is 0. The van der Waals surface area contributed by atoms with Gasteiger partial charge in [-0.2, -0.15) is 9.64 Å². The monoisotopic (exact) mass is 408 g/mol. The van der Waals surface area contributed by atoms with E-state index in [4.69, 9.17) is 16.3 Å². The van der Waals surface area contributed by atoms with Crippen LogP contribution in [0.2, 0.25) is 5.02 Å².